The highest BCUT2D eigenvalue weighted by Crippen LogP contribution is 2.56. The van der Waals surface area contributed by atoms with E-state index in [0.29, 0.717) is 0 Å². The Bertz CT molecular complexity index is 209. The summed E-state index contributed by atoms with van der Waals surface area (Å²) in [6.07, 6.45) is 2.28. The van der Waals surface area contributed by atoms with E-state index in [9.17, 15) is 4.57 Å². The molecule has 2 aliphatic rings. The average Bonchev–Trinajstić information content (AvgIpc) is 2.95. The SMILES string of the molecule is CCCCNP(=O)(N1CC1)N1CC1. The van der Waals surface area contributed by atoms with E-state index >= 15 is 0 Å². The molecule has 0 saturated carbocycles. The molecule has 0 aromatic carbocycles. The van der Waals surface area contributed by atoms with Gasteiger partial charge < -0.3 is 0 Å². The second kappa shape index (κ2) is 3.70. The Morgan fingerprint density at radius 3 is 2.15 bits per heavy atom. The lowest BCUT2D eigenvalue weighted by molar-refractivity contribution is 0.500. The van der Waals surface area contributed by atoms with Gasteiger partial charge in [-0.05, 0) is 6.42 Å². The summed E-state index contributed by atoms with van der Waals surface area (Å²) in [5.41, 5.74) is 0. The molecule has 0 atom stereocenters. The zero-order chi connectivity index (χ0) is 9.31. The van der Waals surface area contributed by atoms with Crippen LogP contribution in [-0.4, -0.2) is 42.1 Å². The lowest BCUT2D eigenvalue weighted by Crippen LogP contribution is -2.21. The molecule has 0 unspecified atom stereocenters. The average molecular weight is 203 g/mol. The van der Waals surface area contributed by atoms with Crippen LogP contribution in [0.15, 0.2) is 0 Å². The summed E-state index contributed by atoms with van der Waals surface area (Å²) in [4.78, 5) is 0. The molecule has 1 N–H and O–H groups in total. The molecule has 13 heavy (non-hydrogen) atoms. The van der Waals surface area contributed by atoms with Crippen molar-refractivity contribution in [3.05, 3.63) is 0 Å². The number of nitrogens with zero attached hydrogens (tertiary/aromatic N) is 2. The zero-order valence-corrected chi connectivity index (χ0v) is 9.09. The van der Waals surface area contributed by atoms with Crippen LogP contribution in [0.3, 0.4) is 0 Å². The van der Waals surface area contributed by atoms with Gasteiger partial charge in [0, 0.05) is 32.7 Å². The fourth-order valence-electron chi connectivity index (χ4n) is 1.41. The molecular formula is C8H18N3OP. The maximum Gasteiger partial charge on any atom is 0.284 e. The first kappa shape index (κ1) is 9.66. The third kappa shape index (κ3) is 2.13. The maximum absolute atomic E-state index is 12.4. The van der Waals surface area contributed by atoms with E-state index in [0.717, 1.165) is 45.6 Å². The van der Waals surface area contributed by atoms with Crippen molar-refractivity contribution in [2.24, 2.45) is 0 Å². The Morgan fingerprint density at radius 1 is 1.23 bits per heavy atom. The van der Waals surface area contributed by atoms with Crippen molar-refractivity contribution < 1.29 is 4.57 Å². The van der Waals surface area contributed by atoms with Crippen LogP contribution in [0, 0.1) is 0 Å². The Hall–Kier alpha value is 0.110. The molecule has 76 valence electrons. The van der Waals surface area contributed by atoms with Crippen molar-refractivity contribution in [1.82, 2.24) is 14.4 Å². The highest BCUT2D eigenvalue weighted by Gasteiger charge is 2.47. The number of hydrogen-bond donors (Lipinski definition) is 1. The molecule has 0 spiro atoms. The molecule has 2 saturated heterocycles. The van der Waals surface area contributed by atoms with Gasteiger partial charge in [0.05, 0.1) is 0 Å². The van der Waals surface area contributed by atoms with Gasteiger partial charge in [-0.25, -0.2) is 14.4 Å². The van der Waals surface area contributed by atoms with Crippen LogP contribution < -0.4 is 5.09 Å². The van der Waals surface area contributed by atoms with Gasteiger partial charge in [0.15, 0.2) is 0 Å². The largest absolute Gasteiger partial charge is 0.284 e. The minimum atomic E-state index is -2.25. The van der Waals surface area contributed by atoms with Crippen molar-refractivity contribution in [1.29, 1.82) is 0 Å². The Balaban J connectivity index is 1.85. The van der Waals surface area contributed by atoms with E-state index < -0.39 is 7.59 Å². The zero-order valence-electron chi connectivity index (χ0n) is 8.20. The molecule has 0 aromatic rings. The van der Waals surface area contributed by atoms with Crippen molar-refractivity contribution in [3.8, 4) is 0 Å². The van der Waals surface area contributed by atoms with Crippen LogP contribution in [0.2, 0.25) is 0 Å². The topological polar surface area (TPSA) is 35.1 Å². The van der Waals surface area contributed by atoms with Crippen molar-refractivity contribution in [3.63, 3.8) is 0 Å². The van der Waals surface area contributed by atoms with E-state index in [4.69, 9.17) is 0 Å². The standard InChI is InChI=1S/C8H18N3OP/c1-2-3-4-9-13(12,10-5-6-10)11-7-8-11/h2-8H2,1H3,(H,9,12). The quantitative estimate of drug-likeness (QED) is 0.398. The number of nitrogens with one attached hydrogen (secondary N) is 1. The van der Waals surface area contributed by atoms with Crippen LogP contribution in [-0.2, 0) is 4.57 Å². The normalized spacial score (nSPS) is 23.5. The van der Waals surface area contributed by atoms with Crippen LogP contribution in [0.4, 0.5) is 0 Å². The number of hydrogen-bond acceptors (Lipinski definition) is 1. The molecule has 5 heteroatoms. The van der Waals surface area contributed by atoms with Gasteiger partial charge in [-0.15, -0.1) is 0 Å². The molecule has 0 radical (unpaired) electrons. The predicted molar refractivity (Wildman–Crippen MR) is 53.7 cm³/mol. The summed E-state index contributed by atoms with van der Waals surface area (Å²) < 4.78 is 16.5. The summed E-state index contributed by atoms with van der Waals surface area (Å²) in [6, 6.07) is 0. The summed E-state index contributed by atoms with van der Waals surface area (Å²) in [7, 11) is -2.25. The van der Waals surface area contributed by atoms with Crippen LogP contribution in [0.1, 0.15) is 19.8 Å². The first-order valence-corrected chi connectivity index (χ1v) is 6.74. The van der Waals surface area contributed by atoms with Crippen LogP contribution >= 0.6 is 7.59 Å². The van der Waals surface area contributed by atoms with Crippen molar-refractivity contribution in [2.45, 2.75) is 19.8 Å². The van der Waals surface area contributed by atoms with Gasteiger partial charge in [-0.2, -0.15) is 0 Å². The van der Waals surface area contributed by atoms with Crippen molar-refractivity contribution >= 4 is 7.59 Å². The molecule has 0 aliphatic carbocycles. The molecular weight excluding hydrogens is 185 g/mol. The predicted octanol–water partition coefficient (Wildman–Crippen LogP) is 1.12. The lowest BCUT2D eigenvalue weighted by Gasteiger charge is -2.20. The molecule has 2 rings (SSSR count). The van der Waals surface area contributed by atoms with Crippen molar-refractivity contribution in [2.75, 3.05) is 32.7 Å². The van der Waals surface area contributed by atoms with Gasteiger partial charge in [0.25, 0.3) is 7.59 Å². The monoisotopic (exact) mass is 203 g/mol. The molecule has 2 aliphatic heterocycles. The van der Waals surface area contributed by atoms with Gasteiger partial charge in [-0.3, -0.25) is 4.57 Å². The number of unbranched alkanes of at least 4 members (excludes halogenated alkanes) is 1. The fraction of sp³-hybridized carbons (Fsp3) is 1.00. The van der Waals surface area contributed by atoms with E-state index in [2.05, 4.69) is 21.4 Å². The smallest absolute Gasteiger partial charge is 0.270 e. The summed E-state index contributed by atoms with van der Waals surface area (Å²) in [5.74, 6) is 0. The van der Waals surface area contributed by atoms with E-state index in [1.807, 2.05) is 0 Å². The molecule has 0 amide bonds. The minimum Gasteiger partial charge on any atom is -0.270 e. The third-order valence-corrected chi connectivity index (χ3v) is 5.43. The first-order valence-electron chi connectivity index (χ1n) is 5.13. The van der Waals surface area contributed by atoms with Gasteiger partial charge >= 0.3 is 0 Å². The van der Waals surface area contributed by atoms with Gasteiger partial charge in [-0.1, -0.05) is 13.3 Å². The number of rotatable bonds is 6. The highest BCUT2D eigenvalue weighted by molar-refractivity contribution is 7.57. The Labute approximate surface area is 79.8 Å². The fourth-order valence-corrected chi connectivity index (χ4v) is 3.88. The Morgan fingerprint density at radius 2 is 1.77 bits per heavy atom. The van der Waals surface area contributed by atoms with Crippen LogP contribution in [0.5, 0.6) is 0 Å². The van der Waals surface area contributed by atoms with E-state index in [1.165, 1.54) is 0 Å². The first-order chi connectivity index (χ1) is 6.27. The maximum atomic E-state index is 12.4. The third-order valence-electron chi connectivity index (χ3n) is 2.46. The molecule has 0 bridgehead atoms. The lowest BCUT2D eigenvalue weighted by atomic mass is 10.3. The van der Waals surface area contributed by atoms with Gasteiger partial charge in [0.1, 0.15) is 0 Å². The molecule has 2 heterocycles. The molecule has 2 fully saturated rings. The molecule has 0 aromatic heterocycles. The Kier molecular flexibility index (Phi) is 2.75. The second-order valence-corrected chi connectivity index (χ2v) is 6.25. The second-order valence-electron chi connectivity index (χ2n) is 3.71. The minimum absolute atomic E-state index is 0.890. The summed E-state index contributed by atoms with van der Waals surface area (Å²) in [5, 5.41) is 3.23. The summed E-state index contributed by atoms with van der Waals surface area (Å²) >= 11 is 0. The van der Waals surface area contributed by atoms with Gasteiger partial charge in [0.2, 0.25) is 0 Å². The van der Waals surface area contributed by atoms with Crippen LogP contribution in [0.25, 0.3) is 0 Å². The van der Waals surface area contributed by atoms with E-state index in [1.54, 1.807) is 0 Å². The van der Waals surface area contributed by atoms with E-state index in [-0.39, 0.29) is 0 Å². The summed E-state index contributed by atoms with van der Waals surface area (Å²) in [6.45, 7) is 7.07. The highest BCUT2D eigenvalue weighted by atomic mass is 31.2. The molecule has 4 nitrogen and oxygen atoms in total.